The summed E-state index contributed by atoms with van der Waals surface area (Å²) in [6.07, 6.45) is 1.16. The summed E-state index contributed by atoms with van der Waals surface area (Å²) in [4.78, 5) is 51.7. The van der Waals surface area contributed by atoms with Crippen LogP contribution in [-0.4, -0.2) is 44.3 Å². The van der Waals surface area contributed by atoms with Crippen molar-refractivity contribution in [1.29, 1.82) is 0 Å². The maximum Gasteiger partial charge on any atom is 0.407 e. The fraction of sp³-hybridized carbons (Fsp3) is 0.273. The van der Waals surface area contributed by atoms with Crippen molar-refractivity contribution in [1.82, 2.24) is 5.32 Å². The van der Waals surface area contributed by atoms with Gasteiger partial charge in [-0.1, -0.05) is 23.8 Å². The molecule has 0 aliphatic heterocycles. The number of aryl methyl sites for hydroxylation is 1. The van der Waals surface area contributed by atoms with Crippen LogP contribution in [-0.2, 0) is 11.2 Å². The van der Waals surface area contributed by atoms with Gasteiger partial charge in [-0.15, -0.1) is 0 Å². The molecule has 4 rings (SSSR count). The van der Waals surface area contributed by atoms with Crippen molar-refractivity contribution in [3.05, 3.63) is 93.3 Å². The van der Waals surface area contributed by atoms with Crippen LogP contribution in [0.25, 0.3) is 11.0 Å². The van der Waals surface area contributed by atoms with Crippen LogP contribution in [0, 0.1) is 6.92 Å². The van der Waals surface area contributed by atoms with Crippen molar-refractivity contribution in [3.8, 4) is 11.5 Å². The second-order valence-electron chi connectivity index (χ2n) is 11.0. The minimum absolute atomic E-state index is 0.0719. The maximum atomic E-state index is 13.4. The number of amides is 3. The first kappa shape index (κ1) is 31.6. The standard InChI is InChI=1S/C33H35N3O8/c1-19-7-12-26-23(15-19)29(37)24(18-43-26)31(39)36-25-17-28(42-6)27(41-5)16-22(25)30(38)35-21-10-8-20(9-11-21)13-14-34-32(40)44-33(2,3)4/h7-12,15-18H,13-14H2,1-6H3,(H,34,40)(H,35,38)(H,36,39). The van der Waals surface area contributed by atoms with Crippen LogP contribution in [0.15, 0.2) is 70.1 Å². The monoisotopic (exact) mass is 601 g/mol. The average Bonchev–Trinajstić information content (AvgIpc) is 2.97. The van der Waals surface area contributed by atoms with Crippen molar-refractivity contribution >= 4 is 40.3 Å². The highest BCUT2D eigenvalue weighted by Gasteiger charge is 2.22. The third-order valence-electron chi connectivity index (χ3n) is 6.48. The Labute approximate surface area is 254 Å². The second-order valence-corrected chi connectivity index (χ2v) is 11.0. The molecule has 0 aliphatic rings. The van der Waals surface area contributed by atoms with E-state index >= 15 is 0 Å². The Morgan fingerprint density at radius 1 is 0.841 bits per heavy atom. The molecule has 1 heterocycles. The zero-order valence-corrected chi connectivity index (χ0v) is 25.5. The molecule has 1 aromatic heterocycles. The summed E-state index contributed by atoms with van der Waals surface area (Å²) in [5, 5.41) is 8.45. The number of benzene rings is 3. The Morgan fingerprint density at radius 2 is 1.50 bits per heavy atom. The van der Waals surface area contributed by atoms with E-state index in [4.69, 9.17) is 18.6 Å². The first-order valence-electron chi connectivity index (χ1n) is 13.8. The Balaban J connectivity index is 1.52. The van der Waals surface area contributed by atoms with Gasteiger partial charge in [-0.2, -0.15) is 0 Å². The van der Waals surface area contributed by atoms with Gasteiger partial charge in [0.1, 0.15) is 23.0 Å². The van der Waals surface area contributed by atoms with Gasteiger partial charge in [-0.05, 0) is 70.0 Å². The lowest BCUT2D eigenvalue weighted by Crippen LogP contribution is -2.33. The number of carbonyl (C=O) groups excluding carboxylic acids is 3. The lowest BCUT2D eigenvalue weighted by molar-refractivity contribution is 0.0528. The number of rotatable bonds is 9. The lowest BCUT2D eigenvalue weighted by atomic mass is 10.1. The SMILES string of the molecule is COc1cc(NC(=O)c2coc3ccc(C)cc3c2=O)c(C(=O)Nc2ccc(CCNC(=O)OC(C)(C)C)cc2)cc1OC. The summed E-state index contributed by atoms with van der Waals surface area (Å²) in [6.45, 7) is 7.59. The number of ether oxygens (including phenoxy) is 3. The van der Waals surface area contributed by atoms with Crippen LogP contribution in [0.1, 0.15) is 52.6 Å². The number of alkyl carbamates (subject to hydrolysis) is 1. The van der Waals surface area contributed by atoms with Crippen molar-refractivity contribution in [2.45, 2.75) is 39.7 Å². The molecule has 44 heavy (non-hydrogen) atoms. The number of nitrogens with one attached hydrogen (secondary N) is 3. The van der Waals surface area contributed by atoms with Gasteiger partial charge < -0.3 is 34.6 Å². The predicted octanol–water partition coefficient (Wildman–Crippen LogP) is 5.69. The van der Waals surface area contributed by atoms with E-state index in [1.54, 1.807) is 51.1 Å². The zero-order chi connectivity index (χ0) is 32.0. The van der Waals surface area contributed by atoms with E-state index in [2.05, 4.69) is 16.0 Å². The van der Waals surface area contributed by atoms with Gasteiger partial charge >= 0.3 is 6.09 Å². The number of hydrogen-bond donors (Lipinski definition) is 3. The Morgan fingerprint density at radius 3 is 2.16 bits per heavy atom. The third kappa shape index (κ3) is 7.74. The van der Waals surface area contributed by atoms with Crippen molar-refractivity contribution < 1.29 is 33.0 Å². The number of methoxy groups -OCH3 is 2. The van der Waals surface area contributed by atoms with Crippen molar-refractivity contribution in [2.75, 3.05) is 31.4 Å². The van der Waals surface area contributed by atoms with Gasteiger partial charge in [0, 0.05) is 18.3 Å². The molecule has 0 radical (unpaired) electrons. The van der Waals surface area contributed by atoms with E-state index in [0.29, 0.717) is 24.2 Å². The maximum absolute atomic E-state index is 13.4. The topological polar surface area (TPSA) is 145 Å². The quantitative estimate of drug-likeness (QED) is 0.222. The van der Waals surface area contributed by atoms with Crippen molar-refractivity contribution in [2.24, 2.45) is 0 Å². The molecule has 0 spiro atoms. The smallest absolute Gasteiger partial charge is 0.407 e. The zero-order valence-electron chi connectivity index (χ0n) is 25.5. The molecule has 4 aromatic rings. The van der Waals surface area contributed by atoms with E-state index in [1.807, 2.05) is 19.1 Å². The van der Waals surface area contributed by atoms with Crippen LogP contribution in [0.3, 0.4) is 0 Å². The molecular weight excluding hydrogens is 566 g/mol. The largest absolute Gasteiger partial charge is 0.493 e. The summed E-state index contributed by atoms with van der Waals surface area (Å²) in [6, 6.07) is 15.1. The van der Waals surface area contributed by atoms with Gasteiger partial charge in [0.2, 0.25) is 5.43 Å². The lowest BCUT2D eigenvalue weighted by Gasteiger charge is -2.19. The van der Waals surface area contributed by atoms with E-state index in [-0.39, 0.29) is 33.7 Å². The third-order valence-corrected chi connectivity index (χ3v) is 6.48. The molecule has 3 aromatic carbocycles. The van der Waals surface area contributed by atoms with Gasteiger partial charge in [0.25, 0.3) is 11.8 Å². The first-order valence-corrected chi connectivity index (χ1v) is 13.8. The van der Waals surface area contributed by atoms with Crippen LogP contribution >= 0.6 is 0 Å². The molecule has 3 amide bonds. The van der Waals surface area contributed by atoms with E-state index in [1.165, 1.54) is 26.4 Å². The highest BCUT2D eigenvalue weighted by atomic mass is 16.6. The highest BCUT2D eigenvalue weighted by Crippen LogP contribution is 2.34. The molecule has 0 saturated carbocycles. The first-order chi connectivity index (χ1) is 20.9. The van der Waals surface area contributed by atoms with Crippen LogP contribution < -0.4 is 30.9 Å². The van der Waals surface area contributed by atoms with E-state index in [0.717, 1.165) is 17.4 Å². The average molecular weight is 602 g/mol. The van der Waals surface area contributed by atoms with Gasteiger partial charge in [0.05, 0.1) is 30.9 Å². The molecule has 0 aliphatic carbocycles. The van der Waals surface area contributed by atoms with Crippen LogP contribution in [0.4, 0.5) is 16.2 Å². The summed E-state index contributed by atoms with van der Waals surface area (Å²) in [5.41, 5.74) is 1.49. The molecule has 0 fully saturated rings. The number of anilines is 2. The number of hydrogen-bond acceptors (Lipinski definition) is 8. The summed E-state index contributed by atoms with van der Waals surface area (Å²) < 4.78 is 21.5. The summed E-state index contributed by atoms with van der Waals surface area (Å²) in [5.74, 6) is -0.761. The van der Waals surface area contributed by atoms with Crippen LogP contribution in [0.5, 0.6) is 11.5 Å². The van der Waals surface area contributed by atoms with E-state index in [9.17, 15) is 19.2 Å². The van der Waals surface area contributed by atoms with E-state index < -0.39 is 28.9 Å². The number of fused-ring (bicyclic) bond motifs is 1. The molecular formula is C33H35N3O8. The van der Waals surface area contributed by atoms with Crippen molar-refractivity contribution in [3.63, 3.8) is 0 Å². The minimum atomic E-state index is -0.757. The molecule has 0 unspecified atom stereocenters. The Hall–Kier alpha value is -5.32. The highest BCUT2D eigenvalue weighted by molar-refractivity contribution is 6.13. The fourth-order valence-corrected chi connectivity index (χ4v) is 4.34. The predicted molar refractivity (Wildman–Crippen MR) is 167 cm³/mol. The fourth-order valence-electron chi connectivity index (χ4n) is 4.34. The van der Waals surface area contributed by atoms with Gasteiger partial charge in [-0.3, -0.25) is 14.4 Å². The number of carbonyl (C=O) groups is 3. The normalized spacial score (nSPS) is 11.0. The Bertz CT molecular complexity index is 1750. The molecule has 0 bridgehead atoms. The molecule has 11 heteroatoms. The summed E-state index contributed by atoms with van der Waals surface area (Å²) >= 11 is 0. The Kier molecular flexibility index (Phi) is 9.57. The molecule has 0 atom stereocenters. The summed E-state index contributed by atoms with van der Waals surface area (Å²) in [7, 11) is 2.85. The molecule has 11 nitrogen and oxygen atoms in total. The molecule has 0 saturated heterocycles. The van der Waals surface area contributed by atoms with Gasteiger partial charge in [0.15, 0.2) is 11.5 Å². The molecule has 3 N–H and O–H groups in total. The minimum Gasteiger partial charge on any atom is -0.493 e. The molecule has 230 valence electrons. The van der Waals surface area contributed by atoms with Gasteiger partial charge in [-0.25, -0.2) is 4.79 Å². The second kappa shape index (κ2) is 13.3. The van der Waals surface area contributed by atoms with Crippen LogP contribution in [0.2, 0.25) is 0 Å².